The summed E-state index contributed by atoms with van der Waals surface area (Å²) in [6.45, 7) is 6.32. The lowest BCUT2D eigenvalue weighted by atomic mass is 10.2. The number of Topliss-reactive ketones (excluding diaryl/α,β-unsaturated/α-hetero) is 1. The molecule has 1 unspecified atom stereocenters. The van der Waals surface area contributed by atoms with Crippen LogP contribution in [0.15, 0.2) is 29.2 Å². The van der Waals surface area contributed by atoms with E-state index < -0.39 is 0 Å². The van der Waals surface area contributed by atoms with Gasteiger partial charge >= 0.3 is 0 Å². The van der Waals surface area contributed by atoms with E-state index in [4.69, 9.17) is 0 Å². The van der Waals surface area contributed by atoms with Gasteiger partial charge in [0.15, 0.2) is 5.78 Å². The van der Waals surface area contributed by atoms with Crippen LogP contribution in [-0.2, 0) is 4.79 Å². The quantitative estimate of drug-likeness (QED) is 0.452. The Morgan fingerprint density at radius 3 is 2.70 bits per heavy atom. The fourth-order valence-electron chi connectivity index (χ4n) is 1.78. The van der Waals surface area contributed by atoms with Crippen molar-refractivity contribution in [3.63, 3.8) is 0 Å². The number of nitrogens with one attached hydrogen (secondary N) is 1. The Kier molecular flexibility index (Phi) is 7.37. The summed E-state index contributed by atoms with van der Waals surface area (Å²) < 4.78 is 0. The first kappa shape index (κ1) is 16.8. The van der Waals surface area contributed by atoms with Crippen molar-refractivity contribution in [1.29, 1.82) is 0 Å². The molecule has 0 aliphatic rings. The van der Waals surface area contributed by atoms with E-state index >= 15 is 0 Å². The van der Waals surface area contributed by atoms with Crippen LogP contribution in [0.3, 0.4) is 0 Å². The second-order valence-corrected chi connectivity index (χ2v) is 6.26. The molecule has 20 heavy (non-hydrogen) atoms. The molecule has 4 heteroatoms. The third kappa shape index (κ3) is 5.78. The second-order valence-electron chi connectivity index (χ2n) is 4.84. The van der Waals surface area contributed by atoms with Gasteiger partial charge in [-0.3, -0.25) is 9.59 Å². The minimum absolute atomic E-state index is 0.0455. The molecule has 0 aliphatic heterocycles. The van der Waals surface area contributed by atoms with Crippen molar-refractivity contribution in [2.24, 2.45) is 0 Å². The molecule has 0 saturated carbocycles. The van der Waals surface area contributed by atoms with Crippen molar-refractivity contribution in [3.8, 4) is 0 Å². The highest BCUT2D eigenvalue weighted by molar-refractivity contribution is 8.00. The molecule has 3 nitrogen and oxygen atoms in total. The maximum Gasteiger partial charge on any atom is 0.233 e. The SMILES string of the molecule is CCCCCNC(=O)C(C)Sc1cccc(C(C)=O)c1. The summed E-state index contributed by atoms with van der Waals surface area (Å²) in [6, 6.07) is 7.42. The van der Waals surface area contributed by atoms with Crippen molar-refractivity contribution >= 4 is 23.5 Å². The average Bonchev–Trinajstić information content (AvgIpc) is 2.43. The van der Waals surface area contributed by atoms with E-state index in [0.717, 1.165) is 30.7 Å². The first-order valence-electron chi connectivity index (χ1n) is 7.10. The molecular formula is C16H23NO2S. The summed E-state index contributed by atoms with van der Waals surface area (Å²) in [7, 11) is 0. The Labute approximate surface area is 125 Å². The number of amides is 1. The second kappa shape index (κ2) is 8.80. The molecule has 0 heterocycles. The van der Waals surface area contributed by atoms with E-state index in [1.54, 1.807) is 13.0 Å². The highest BCUT2D eigenvalue weighted by atomic mass is 32.2. The normalized spacial score (nSPS) is 11.9. The topological polar surface area (TPSA) is 46.2 Å². The van der Waals surface area contributed by atoms with E-state index in [1.807, 2.05) is 25.1 Å². The van der Waals surface area contributed by atoms with Gasteiger partial charge in [-0.05, 0) is 32.4 Å². The van der Waals surface area contributed by atoms with Gasteiger partial charge in [0, 0.05) is 17.0 Å². The number of carbonyl (C=O) groups excluding carboxylic acids is 2. The van der Waals surface area contributed by atoms with Crippen molar-refractivity contribution < 1.29 is 9.59 Å². The van der Waals surface area contributed by atoms with Gasteiger partial charge in [-0.15, -0.1) is 11.8 Å². The maximum absolute atomic E-state index is 11.9. The zero-order valence-corrected chi connectivity index (χ0v) is 13.3. The first-order chi connectivity index (χ1) is 9.54. The molecule has 1 aromatic rings. The smallest absolute Gasteiger partial charge is 0.233 e. The van der Waals surface area contributed by atoms with E-state index in [2.05, 4.69) is 12.2 Å². The number of benzene rings is 1. The van der Waals surface area contributed by atoms with Crippen molar-refractivity contribution in [2.75, 3.05) is 6.54 Å². The van der Waals surface area contributed by atoms with Crippen molar-refractivity contribution in [3.05, 3.63) is 29.8 Å². The van der Waals surface area contributed by atoms with Gasteiger partial charge in [-0.1, -0.05) is 31.9 Å². The zero-order chi connectivity index (χ0) is 15.0. The van der Waals surface area contributed by atoms with Crippen LogP contribution in [0.1, 0.15) is 50.4 Å². The number of carbonyl (C=O) groups is 2. The van der Waals surface area contributed by atoms with Crippen molar-refractivity contribution in [1.82, 2.24) is 5.32 Å². The van der Waals surface area contributed by atoms with E-state index in [-0.39, 0.29) is 16.9 Å². The van der Waals surface area contributed by atoms with Crippen LogP contribution in [0.2, 0.25) is 0 Å². The monoisotopic (exact) mass is 293 g/mol. The van der Waals surface area contributed by atoms with E-state index in [9.17, 15) is 9.59 Å². The summed E-state index contributed by atoms with van der Waals surface area (Å²) in [5, 5.41) is 2.79. The Hall–Kier alpha value is -1.29. The molecular weight excluding hydrogens is 270 g/mol. The first-order valence-corrected chi connectivity index (χ1v) is 7.98. The fourth-order valence-corrected chi connectivity index (χ4v) is 2.73. The number of thioether (sulfide) groups is 1. The van der Waals surface area contributed by atoms with Crippen molar-refractivity contribution in [2.45, 2.75) is 50.2 Å². The molecule has 1 amide bonds. The van der Waals surface area contributed by atoms with Crippen LogP contribution in [0.5, 0.6) is 0 Å². The van der Waals surface area contributed by atoms with Gasteiger partial charge in [0.25, 0.3) is 0 Å². The van der Waals surface area contributed by atoms with Gasteiger partial charge in [0.1, 0.15) is 0 Å². The lowest BCUT2D eigenvalue weighted by Crippen LogP contribution is -2.31. The molecule has 0 aromatic heterocycles. The number of hydrogen-bond acceptors (Lipinski definition) is 3. The molecule has 0 fully saturated rings. The molecule has 0 saturated heterocycles. The van der Waals surface area contributed by atoms with E-state index in [1.165, 1.54) is 11.8 Å². The van der Waals surface area contributed by atoms with Crippen LogP contribution in [-0.4, -0.2) is 23.5 Å². The Bertz CT molecular complexity index is 460. The van der Waals surface area contributed by atoms with Gasteiger partial charge in [0.05, 0.1) is 5.25 Å². The summed E-state index contributed by atoms with van der Waals surface area (Å²) in [4.78, 5) is 24.2. The molecule has 110 valence electrons. The minimum Gasteiger partial charge on any atom is -0.355 e. The Balaban J connectivity index is 2.48. The zero-order valence-electron chi connectivity index (χ0n) is 12.4. The average molecular weight is 293 g/mol. The molecule has 0 aliphatic carbocycles. The third-order valence-electron chi connectivity index (χ3n) is 3.00. The summed E-state index contributed by atoms with van der Waals surface area (Å²) >= 11 is 1.48. The maximum atomic E-state index is 11.9. The summed E-state index contributed by atoms with van der Waals surface area (Å²) in [5.74, 6) is 0.100. The number of hydrogen-bond donors (Lipinski definition) is 1. The number of rotatable bonds is 8. The lowest BCUT2D eigenvalue weighted by Gasteiger charge is -2.12. The molecule has 0 spiro atoms. The molecule has 0 radical (unpaired) electrons. The fraction of sp³-hybridized carbons (Fsp3) is 0.500. The Morgan fingerprint density at radius 2 is 2.05 bits per heavy atom. The largest absolute Gasteiger partial charge is 0.355 e. The Morgan fingerprint density at radius 1 is 1.30 bits per heavy atom. The predicted molar refractivity (Wildman–Crippen MR) is 84.3 cm³/mol. The van der Waals surface area contributed by atoms with Crippen LogP contribution in [0.25, 0.3) is 0 Å². The highest BCUT2D eigenvalue weighted by Gasteiger charge is 2.14. The third-order valence-corrected chi connectivity index (χ3v) is 4.10. The van der Waals surface area contributed by atoms with Crippen LogP contribution >= 0.6 is 11.8 Å². The van der Waals surface area contributed by atoms with Crippen LogP contribution in [0.4, 0.5) is 0 Å². The number of ketones is 1. The predicted octanol–water partition coefficient (Wildman–Crippen LogP) is 3.68. The lowest BCUT2D eigenvalue weighted by molar-refractivity contribution is -0.120. The molecule has 1 rings (SSSR count). The minimum atomic E-state index is -0.154. The van der Waals surface area contributed by atoms with E-state index in [0.29, 0.717) is 5.56 Å². The van der Waals surface area contributed by atoms with Gasteiger partial charge in [0.2, 0.25) is 5.91 Å². The molecule has 1 atom stereocenters. The highest BCUT2D eigenvalue weighted by Crippen LogP contribution is 2.24. The summed E-state index contributed by atoms with van der Waals surface area (Å²) in [5.41, 5.74) is 0.686. The van der Waals surface area contributed by atoms with Gasteiger partial charge < -0.3 is 5.32 Å². The summed E-state index contributed by atoms with van der Waals surface area (Å²) in [6.07, 6.45) is 3.32. The number of unbranched alkanes of at least 4 members (excludes halogenated alkanes) is 2. The van der Waals surface area contributed by atoms with Crippen LogP contribution in [0, 0.1) is 0 Å². The molecule has 1 N–H and O–H groups in total. The molecule has 1 aromatic carbocycles. The standard InChI is InChI=1S/C16H23NO2S/c1-4-5-6-10-17-16(19)13(3)20-15-9-7-8-14(11-15)12(2)18/h7-9,11,13H,4-6,10H2,1-3H3,(H,17,19). The van der Waals surface area contributed by atoms with Gasteiger partial charge in [-0.2, -0.15) is 0 Å². The molecule has 0 bridgehead atoms. The van der Waals surface area contributed by atoms with Crippen LogP contribution < -0.4 is 5.32 Å². The van der Waals surface area contributed by atoms with Gasteiger partial charge in [-0.25, -0.2) is 0 Å².